The molecule has 2 amide bonds. The van der Waals surface area contributed by atoms with Crippen molar-refractivity contribution in [1.29, 1.82) is 5.53 Å². The summed E-state index contributed by atoms with van der Waals surface area (Å²) in [7, 11) is 0. The summed E-state index contributed by atoms with van der Waals surface area (Å²) >= 11 is 1.89. The van der Waals surface area contributed by atoms with Crippen LogP contribution >= 0.6 is 11.8 Å². The average molecular weight is 448 g/mol. The van der Waals surface area contributed by atoms with Gasteiger partial charge in [0.05, 0.1) is 5.70 Å². The van der Waals surface area contributed by atoms with Crippen LogP contribution in [0.2, 0.25) is 0 Å². The predicted molar refractivity (Wildman–Crippen MR) is 129 cm³/mol. The molecule has 0 radical (unpaired) electrons. The van der Waals surface area contributed by atoms with Crippen molar-refractivity contribution in [3.05, 3.63) is 41.7 Å². The number of carbonyl (C=O) groups is 2. The minimum absolute atomic E-state index is 0.0343. The normalized spacial score (nSPS) is 11.8. The summed E-state index contributed by atoms with van der Waals surface area (Å²) in [6, 6.07) is 6.72. The van der Waals surface area contributed by atoms with E-state index < -0.39 is 5.91 Å². The standard InChI is InChI=1S/C23H37N5O2S/c1-4-23(2,3)13-6-15-31-16-14-26-21(29)8-5-7-20(28-25)17-27-19-11-9-18(10-12-19)22(24)30/h9-12,17,25,27H,4-8,13-16H2,1-3H3,(H2,24,30)(H,26,29)/b20-17-,28-25?. The summed E-state index contributed by atoms with van der Waals surface area (Å²) in [6.45, 7) is 7.55. The second kappa shape index (κ2) is 14.6. The van der Waals surface area contributed by atoms with Crippen LogP contribution in [0.25, 0.3) is 0 Å². The van der Waals surface area contributed by atoms with Crippen LogP contribution in [0.4, 0.5) is 5.69 Å². The van der Waals surface area contributed by atoms with Crippen LogP contribution in [-0.2, 0) is 4.79 Å². The Morgan fingerprint density at radius 2 is 1.87 bits per heavy atom. The van der Waals surface area contributed by atoms with Crippen LogP contribution in [0.1, 0.15) is 69.7 Å². The highest BCUT2D eigenvalue weighted by Crippen LogP contribution is 2.26. The zero-order valence-corrected chi connectivity index (χ0v) is 19.8. The third-order valence-corrected chi connectivity index (χ3v) is 6.29. The van der Waals surface area contributed by atoms with Crippen molar-refractivity contribution in [3.8, 4) is 0 Å². The van der Waals surface area contributed by atoms with Crippen molar-refractivity contribution >= 4 is 29.3 Å². The van der Waals surface area contributed by atoms with E-state index in [1.54, 1.807) is 30.5 Å². The van der Waals surface area contributed by atoms with E-state index in [9.17, 15) is 9.59 Å². The van der Waals surface area contributed by atoms with Crippen molar-refractivity contribution in [2.45, 2.75) is 59.3 Å². The topological polar surface area (TPSA) is 120 Å². The number of allylic oxidation sites excluding steroid dienone is 1. The molecule has 1 rings (SSSR count). The summed E-state index contributed by atoms with van der Waals surface area (Å²) in [5, 5.41) is 9.51. The molecule has 0 heterocycles. The number of primary amides is 1. The second-order valence-electron chi connectivity index (χ2n) is 8.27. The van der Waals surface area contributed by atoms with Gasteiger partial charge in [-0.3, -0.25) is 9.59 Å². The van der Waals surface area contributed by atoms with Crippen LogP contribution in [-0.4, -0.2) is 29.9 Å². The molecule has 0 bridgehead atoms. The van der Waals surface area contributed by atoms with E-state index in [1.807, 2.05) is 11.8 Å². The summed E-state index contributed by atoms with van der Waals surface area (Å²) in [5.74, 6) is 1.63. The van der Waals surface area contributed by atoms with Gasteiger partial charge in [-0.25, -0.2) is 5.53 Å². The number of thioether (sulfide) groups is 1. The van der Waals surface area contributed by atoms with Crippen LogP contribution in [0.3, 0.4) is 0 Å². The highest BCUT2D eigenvalue weighted by atomic mass is 32.2. The monoisotopic (exact) mass is 447 g/mol. The number of rotatable bonds is 16. The van der Waals surface area contributed by atoms with Gasteiger partial charge in [0.1, 0.15) is 0 Å². The number of benzene rings is 1. The molecule has 0 spiro atoms. The molecule has 0 atom stereocenters. The lowest BCUT2D eigenvalue weighted by Crippen LogP contribution is -2.25. The van der Waals surface area contributed by atoms with E-state index in [-0.39, 0.29) is 5.91 Å². The summed E-state index contributed by atoms with van der Waals surface area (Å²) in [5.41, 5.74) is 14.7. The molecule has 172 valence electrons. The molecule has 31 heavy (non-hydrogen) atoms. The highest BCUT2D eigenvalue weighted by molar-refractivity contribution is 7.99. The molecule has 0 saturated heterocycles. The van der Waals surface area contributed by atoms with Gasteiger partial charge in [-0.1, -0.05) is 27.2 Å². The van der Waals surface area contributed by atoms with Crippen molar-refractivity contribution in [3.63, 3.8) is 0 Å². The van der Waals surface area contributed by atoms with Crippen molar-refractivity contribution in [1.82, 2.24) is 5.32 Å². The van der Waals surface area contributed by atoms with Gasteiger partial charge in [0.15, 0.2) is 0 Å². The quantitative estimate of drug-likeness (QED) is 0.203. The molecule has 7 nitrogen and oxygen atoms in total. The molecule has 0 aliphatic heterocycles. The van der Waals surface area contributed by atoms with Gasteiger partial charge in [0, 0.05) is 36.2 Å². The van der Waals surface area contributed by atoms with E-state index >= 15 is 0 Å². The summed E-state index contributed by atoms with van der Waals surface area (Å²) in [4.78, 5) is 23.0. The number of anilines is 1. The Balaban J connectivity index is 2.18. The van der Waals surface area contributed by atoms with Gasteiger partial charge in [-0.15, -0.1) is 0 Å². The van der Waals surface area contributed by atoms with Crippen LogP contribution in [0, 0.1) is 10.9 Å². The van der Waals surface area contributed by atoms with Gasteiger partial charge in [0.25, 0.3) is 0 Å². The van der Waals surface area contributed by atoms with E-state index in [0.717, 1.165) is 17.2 Å². The largest absolute Gasteiger partial charge is 0.366 e. The lowest BCUT2D eigenvalue weighted by Gasteiger charge is -2.21. The number of amides is 2. The Morgan fingerprint density at radius 1 is 1.16 bits per heavy atom. The first-order valence-corrected chi connectivity index (χ1v) is 12.0. The minimum atomic E-state index is -0.475. The fraction of sp³-hybridized carbons (Fsp3) is 0.565. The van der Waals surface area contributed by atoms with E-state index in [1.165, 1.54) is 19.3 Å². The molecule has 0 unspecified atom stereocenters. The Kier molecular flexibility index (Phi) is 12.6. The summed E-state index contributed by atoms with van der Waals surface area (Å²) < 4.78 is 0. The molecule has 5 N–H and O–H groups in total. The molecule has 8 heteroatoms. The number of hydrogen-bond donors (Lipinski definition) is 4. The Labute approximate surface area is 190 Å². The first kappa shape index (κ1) is 26.7. The molecule has 0 aliphatic carbocycles. The number of carbonyl (C=O) groups excluding carboxylic acids is 2. The Bertz CT molecular complexity index is 732. The van der Waals surface area contributed by atoms with Gasteiger partial charge >= 0.3 is 0 Å². The van der Waals surface area contributed by atoms with Gasteiger partial charge in [-0.2, -0.15) is 16.9 Å². The molecule has 1 aromatic carbocycles. The van der Waals surface area contributed by atoms with Gasteiger partial charge in [0.2, 0.25) is 11.8 Å². The maximum Gasteiger partial charge on any atom is 0.248 e. The molecule has 1 aromatic rings. The number of nitrogens with one attached hydrogen (secondary N) is 3. The molecule has 0 aromatic heterocycles. The molecular weight excluding hydrogens is 410 g/mol. The maximum atomic E-state index is 12.0. The third kappa shape index (κ3) is 12.2. The van der Waals surface area contributed by atoms with E-state index in [4.69, 9.17) is 11.3 Å². The van der Waals surface area contributed by atoms with Gasteiger partial charge in [-0.05, 0) is 61.1 Å². The fourth-order valence-corrected chi connectivity index (χ4v) is 3.57. The minimum Gasteiger partial charge on any atom is -0.366 e. The zero-order valence-electron chi connectivity index (χ0n) is 19.0. The molecule has 0 fully saturated rings. The zero-order chi connectivity index (χ0) is 23.1. The first-order valence-electron chi connectivity index (χ1n) is 10.8. The van der Waals surface area contributed by atoms with E-state index in [2.05, 4.69) is 36.5 Å². The van der Waals surface area contributed by atoms with E-state index in [0.29, 0.717) is 42.5 Å². The lowest BCUT2D eigenvalue weighted by atomic mass is 9.86. The average Bonchev–Trinajstić information content (AvgIpc) is 2.75. The lowest BCUT2D eigenvalue weighted by molar-refractivity contribution is -0.121. The second-order valence-corrected chi connectivity index (χ2v) is 9.50. The fourth-order valence-electron chi connectivity index (χ4n) is 2.77. The predicted octanol–water partition coefficient (Wildman–Crippen LogP) is 5.31. The van der Waals surface area contributed by atoms with Crippen LogP contribution in [0.15, 0.2) is 41.3 Å². The number of hydrogen-bond acceptors (Lipinski definition) is 6. The third-order valence-electron chi connectivity index (χ3n) is 5.22. The number of nitrogens with zero attached hydrogens (tertiary/aromatic N) is 1. The van der Waals surface area contributed by atoms with Crippen LogP contribution < -0.4 is 16.4 Å². The Hall–Kier alpha value is -2.35. The van der Waals surface area contributed by atoms with Crippen molar-refractivity contribution in [2.24, 2.45) is 16.3 Å². The Morgan fingerprint density at radius 3 is 2.48 bits per heavy atom. The number of nitrogens with two attached hydrogens (primary N) is 1. The first-order chi connectivity index (χ1) is 14.8. The molecule has 0 saturated carbocycles. The SMILES string of the molecule is CCC(C)(C)CCCSCCNC(=O)CCC/C(=C/Nc1ccc(C(N)=O)cc1)N=N. The smallest absolute Gasteiger partial charge is 0.248 e. The highest BCUT2D eigenvalue weighted by Gasteiger charge is 2.13. The molecule has 0 aliphatic rings. The maximum absolute atomic E-state index is 12.0. The molecular formula is C23H37N5O2S. The van der Waals surface area contributed by atoms with Crippen LogP contribution in [0.5, 0.6) is 0 Å². The summed E-state index contributed by atoms with van der Waals surface area (Å²) in [6.07, 6.45) is 6.88. The van der Waals surface area contributed by atoms with Crippen molar-refractivity contribution < 1.29 is 9.59 Å². The van der Waals surface area contributed by atoms with Crippen molar-refractivity contribution in [2.75, 3.05) is 23.4 Å². The van der Waals surface area contributed by atoms with Gasteiger partial charge < -0.3 is 16.4 Å².